The molecular weight excluding hydrogens is 320 g/mol. The molecule has 1 aromatic carbocycles. The van der Waals surface area contributed by atoms with Crippen molar-refractivity contribution in [2.24, 2.45) is 5.41 Å². The van der Waals surface area contributed by atoms with Crippen molar-refractivity contribution < 1.29 is 19.5 Å². The van der Waals surface area contributed by atoms with E-state index in [1.807, 2.05) is 0 Å². The van der Waals surface area contributed by atoms with Gasteiger partial charge in [0.2, 0.25) is 5.91 Å². The number of carbonyl (C=O) groups excluding carboxylic acids is 2. The smallest absolute Gasteiger partial charge is 0.310 e. The van der Waals surface area contributed by atoms with Gasteiger partial charge in [-0.1, -0.05) is 24.4 Å². The molecule has 3 N–H and O–H groups in total. The van der Waals surface area contributed by atoms with Gasteiger partial charge in [0.1, 0.15) is 0 Å². The second-order valence-corrected chi connectivity index (χ2v) is 6.22. The molecule has 1 aromatic rings. The van der Waals surface area contributed by atoms with Gasteiger partial charge in [-0.05, 0) is 31.0 Å². The van der Waals surface area contributed by atoms with Crippen molar-refractivity contribution in [1.82, 2.24) is 5.32 Å². The highest BCUT2D eigenvalue weighted by Crippen LogP contribution is 2.41. The van der Waals surface area contributed by atoms with Gasteiger partial charge >= 0.3 is 5.97 Å². The van der Waals surface area contributed by atoms with E-state index in [-0.39, 0.29) is 17.9 Å². The Hall–Kier alpha value is -2.08. The van der Waals surface area contributed by atoms with Crippen LogP contribution in [0.1, 0.15) is 42.5 Å². The van der Waals surface area contributed by atoms with Crippen molar-refractivity contribution in [3.63, 3.8) is 0 Å². The highest BCUT2D eigenvalue weighted by molar-refractivity contribution is 6.31. The summed E-state index contributed by atoms with van der Waals surface area (Å²) in [4.78, 5) is 35.7. The first-order valence-electron chi connectivity index (χ1n) is 7.43. The molecule has 0 saturated heterocycles. The number of anilines is 1. The fourth-order valence-corrected chi connectivity index (χ4v) is 3.14. The zero-order chi connectivity index (χ0) is 17.0. The highest BCUT2D eigenvalue weighted by atomic mass is 35.5. The summed E-state index contributed by atoms with van der Waals surface area (Å²) in [5.41, 5.74) is -0.439. The first-order chi connectivity index (χ1) is 10.9. The lowest BCUT2D eigenvalue weighted by molar-refractivity contribution is -0.150. The van der Waals surface area contributed by atoms with Crippen molar-refractivity contribution in [2.75, 3.05) is 12.4 Å². The lowest BCUT2D eigenvalue weighted by Gasteiger charge is -2.23. The van der Waals surface area contributed by atoms with Gasteiger partial charge in [-0.2, -0.15) is 0 Å². The second kappa shape index (κ2) is 7.00. The highest BCUT2D eigenvalue weighted by Gasteiger charge is 2.43. The van der Waals surface area contributed by atoms with Crippen LogP contribution < -0.4 is 10.6 Å². The minimum absolute atomic E-state index is 0.0991. The van der Waals surface area contributed by atoms with Crippen LogP contribution in [0.2, 0.25) is 5.02 Å². The maximum atomic E-state index is 12.3. The molecule has 7 heteroatoms. The fraction of sp³-hybridized carbons (Fsp3) is 0.438. The number of hydrogen-bond donors (Lipinski definition) is 3. The molecule has 2 rings (SSSR count). The molecule has 6 nitrogen and oxygen atoms in total. The molecule has 0 heterocycles. The number of rotatable bonds is 5. The van der Waals surface area contributed by atoms with Crippen molar-refractivity contribution in [3.8, 4) is 0 Å². The third-order valence-corrected chi connectivity index (χ3v) is 4.48. The molecule has 2 amide bonds. The molecule has 124 valence electrons. The van der Waals surface area contributed by atoms with E-state index in [0.29, 0.717) is 23.6 Å². The van der Waals surface area contributed by atoms with Crippen LogP contribution >= 0.6 is 11.6 Å². The van der Waals surface area contributed by atoms with Crippen LogP contribution in [0.4, 0.5) is 5.69 Å². The van der Waals surface area contributed by atoms with Crippen LogP contribution in [0.5, 0.6) is 0 Å². The predicted octanol–water partition coefficient (Wildman–Crippen LogP) is 2.67. The van der Waals surface area contributed by atoms with Gasteiger partial charge in [-0.15, -0.1) is 0 Å². The molecule has 0 unspecified atom stereocenters. The van der Waals surface area contributed by atoms with Gasteiger partial charge in [-0.25, -0.2) is 0 Å². The summed E-state index contributed by atoms with van der Waals surface area (Å²) in [6.07, 6.45) is 2.52. The molecule has 1 saturated carbocycles. The van der Waals surface area contributed by atoms with Crippen LogP contribution in [-0.2, 0) is 9.59 Å². The topological polar surface area (TPSA) is 95.5 Å². The Labute approximate surface area is 139 Å². The summed E-state index contributed by atoms with van der Waals surface area (Å²) < 4.78 is 0. The summed E-state index contributed by atoms with van der Waals surface area (Å²) in [5, 5.41) is 14.9. The summed E-state index contributed by atoms with van der Waals surface area (Å²) >= 11 is 5.89. The molecule has 1 aliphatic rings. The zero-order valence-corrected chi connectivity index (χ0v) is 13.6. The molecule has 0 radical (unpaired) electrons. The number of nitrogens with one attached hydrogen (secondary N) is 2. The Balaban J connectivity index is 2.17. The maximum Gasteiger partial charge on any atom is 0.310 e. The number of halogens is 1. The van der Waals surface area contributed by atoms with E-state index in [1.165, 1.54) is 19.2 Å². The average Bonchev–Trinajstić information content (AvgIpc) is 2.98. The Bertz CT molecular complexity index is 639. The van der Waals surface area contributed by atoms with Gasteiger partial charge in [0.25, 0.3) is 5.91 Å². The van der Waals surface area contributed by atoms with Gasteiger partial charge in [0, 0.05) is 18.5 Å². The number of benzene rings is 1. The van der Waals surface area contributed by atoms with Crippen LogP contribution in [0, 0.1) is 5.41 Å². The average molecular weight is 339 g/mol. The Morgan fingerprint density at radius 2 is 1.91 bits per heavy atom. The SMILES string of the molecule is CNC(=O)c1cc(Cl)ccc1NC(=O)CC1(C(=O)O)CCCC1. The first-order valence-corrected chi connectivity index (χ1v) is 7.81. The van der Waals surface area contributed by atoms with Gasteiger partial charge in [0.15, 0.2) is 0 Å². The summed E-state index contributed by atoms with van der Waals surface area (Å²) in [5.74, 6) is -1.73. The van der Waals surface area contributed by atoms with E-state index in [2.05, 4.69) is 10.6 Å². The monoisotopic (exact) mass is 338 g/mol. The summed E-state index contributed by atoms with van der Waals surface area (Å²) in [7, 11) is 1.48. The molecule has 1 fully saturated rings. The Kier molecular flexibility index (Phi) is 5.26. The minimum atomic E-state index is -0.996. The van der Waals surface area contributed by atoms with E-state index in [4.69, 9.17) is 11.6 Å². The molecule has 1 aliphatic carbocycles. The Morgan fingerprint density at radius 1 is 1.26 bits per heavy atom. The van der Waals surface area contributed by atoms with E-state index in [1.54, 1.807) is 6.07 Å². The number of carbonyl (C=O) groups is 3. The quantitative estimate of drug-likeness (QED) is 0.769. The lowest BCUT2D eigenvalue weighted by Crippen LogP contribution is -2.33. The number of carboxylic acid groups (broad SMARTS) is 1. The Morgan fingerprint density at radius 3 is 2.48 bits per heavy atom. The number of aliphatic carboxylic acids is 1. The lowest BCUT2D eigenvalue weighted by atomic mass is 9.82. The van der Waals surface area contributed by atoms with Crippen LogP contribution in [0.15, 0.2) is 18.2 Å². The summed E-state index contributed by atoms with van der Waals surface area (Å²) in [6.45, 7) is 0. The summed E-state index contributed by atoms with van der Waals surface area (Å²) in [6, 6.07) is 4.55. The van der Waals surface area contributed by atoms with Crippen molar-refractivity contribution >= 4 is 35.1 Å². The molecule has 0 aliphatic heterocycles. The molecule has 0 bridgehead atoms. The molecule has 0 atom stereocenters. The molecule has 0 aromatic heterocycles. The van der Waals surface area contributed by atoms with Gasteiger partial charge in [-0.3, -0.25) is 14.4 Å². The molecular formula is C16H19ClN2O4. The zero-order valence-electron chi connectivity index (χ0n) is 12.8. The van der Waals surface area contributed by atoms with E-state index < -0.39 is 17.3 Å². The number of hydrogen-bond acceptors (Lipinski definition) is 3. The van der Waals surface area contributed by atoms with Crippen LogP contribution in [0.25, 0.3) is 0 Å². The molecule has 0 spiro atoms. The predicted molar refractivity (Wildman–Crippen MR) is 86.6 cm³/mol. The normalized spacial score (nSPS) is 15.9. The number of amides is 2. The van der Waals surface area contributed by atoms with Crippen molar-refractivity contribution in [3.05, 3.63) is 28.8 Å². The van der Waals surface area contributed by atoms with Gasteiger partial charge < -0.3 is 15.7 Å². The van der Waals surface area contributed by atoms with Crippen LogP contribution in [-0.4, -0.2) is 29.9 Å². The standard InChI is InChI=1S/C16H19ClN2O4/c1-18-14(21)11-8-10(17)4-5-12(11)19-13(20)9-16(15(22)23)6-2-3-7-16/h4-5,8H,2-3,6-7,9H2,1H3,(H,18,21)(H,19,20)(H,22,23). The molecule has 23 heavy (non-hydrogen) atoms. The third kappa shape index (κ3) is 3.82. The largest absolute Gasteiger partial charge is 0.481 e. The van der Waals surface area contributed by atoms with Crippen molar-refractivity contribution in [2.45, 2.75) is 32.1 Å². The van der Waals surface area contributed by atoms with E-state index in [9.17, 15) is 19.5 Å². The third-order valence-electron chi connectivity index (χ3n) is 4.24. The second-order valence-electron chi connectivity index (χ2n) is 5.79. The van der Waals surface area contributed by atoms with Gasteiger partial charge in [0.05, 0.1) is 16.7 Å². The maximum absolute atomic E-state index is 12.3. The van der Waals surface area contributed by atoms with Crippen molar-refractivity contribution in [1.29, 1.82) is 0 Å². The number of carboxylic acids is 1. The first kappa shape index (κ1) is 17.3. The van der Waals surface area contributed by atoms with E-state index >= 15 is 0 Å². The van der Waals surface area contributed by atoms with Crippen LogP contribution in [0.3, 0.4) is 0 Å². The van der Waals surface area contributed by atoms with E-state index in [0.717, 1.165) is 12.8 Å². The minimum Gasteiger partial charge on any atom is -0.481 e. The fourth-order valence-electron chi connectivity index (χ4n) is 2.97.